The maximum absolute atomic E-state index is 13.6. The minimum absolute atomic E-state index is 0.187. The maximum atomic E-state index is 13.6. The van der Waals surface area contributed by atoms with Crippen LogP contribution in [0.5, 0.6) is 0 Å². The van der Waals surface area contributed by atoms with Gasteiger partial charge in [0.25, 0.3) is 5.91 Å². The van der Waals surface area contributed by atoms with E-state index in [0.717, 1.165) is 76.8 Å². The van der Waals surface area contributed by atoms with Crippen LogP contribution < -0.4 is 10.2 Å². The summed E-state index contributed by atoms with van der Waals surface area (Å²) in [7, 11) is -3.64. The van der Waals surface area contributed by atoms with Crippen LogP contribution in [0.1, 0.15) is 68.6 Å². The number of nitrogens with one attached hydrogen (secondary N) is 1. The van der Waals surface area contributed by atoms with Crippen molar-refractivity contribution in [3.8, 4) is 0 Å². The van der Waals surface area contributed by atoms with Crippen LogP contribution in [-0.2, 0) is 10.0 Å². The molecule has 1 N–H and O–H groups in total. The molecule has 0 unspecified atom stereocenters. The van der Waals surface area contributed by atoms with E-state index in [1.54, 1.807) is 16.4 Å². The fraction of sp³-hybridized carbons (Fsp3) is 0.708. The van der Waals surface area contributed by atoms with Gasteiger partial charge in [-0.25, -0.2) is 8.42 Å². The highest BCUT2D eigenvalue weighted by Crippen LogP contribution is 2.32. The van der Waals surface area contributed by atoms with E-state index >= 15 is 0 Å². The van der Waals surface area contributed by atoms with Crippen LogP contribution >= 0.6 is 0 Å². The van der Waals surface area contributed by atoms with Gasteiger partial charge in [0.15, 0.2) is 0 Å². The van der Waals surface area contributed by atoms with Gasteiger partial charge >= 0.3 is 0 Å². The van der Waals surface area contributed by atoms with Crippen LogP contribution in [0.3, 0.4) is 0 Å². The van der Waals surface area contributed by atoms with E-state index in [-0.39, 0.29) is 5.91 Å². The average Bonchev–Trinajstić information content (AvgIpc) is 3.31. The van der Waals surface area contributed by atoms with Gasteiger partial charge in [0.05, 0.1) is 5.69 Å². The van der Waals surface area contributed by atoms with Gasteiger partial charge in [0.2, 0.25) is 10.0 Å². The molecule has 32 heavy (non-hydrogen) atoms. The zero-order chi connectivity index (χ0) is 22.6. The van der Waals surface area contributed by atoms with Crippen molar-refractivity contribution in [1.29, 1.82) is 0 Å². The molecular formula is C24H38N4O3S. The van der Waals surface area contributed by atoms with Crippen LogP contribution in [0.2, 0.25) is 0 Å². The second-order valence-corrected chi connectivity index (χ2v) is 11.2. The molecule has 0 spiro atoms. The Balaban J connectivity index is 1.58. The molecule has 0 aliphatic carbocycles. The molecule has 8 heteroatoms. The lowest BCUT2D eigenvalue weighted by Gasteiger charge is -2.33. The molecule has 1 aromatic rings. The van der Waals surface area contributed by atoms with Crippen molar-refractivity contribution in [2.45, 2.75) is 69.2 Å². The molecule has 0 radical (unpaired) electrons. The molecule has 0 bridgehead atoms. The topological polar surface area (TPSA) is 73.0 Å². The standard InChI is InChI=1S/C24H38N4O3S/c1-2-26-15-9-10-21(26)19-25-24(29)20-11-12-22(27-13-5-3-6-14-27)23(18-20)32(30,31)28-16-7-4-8-17-28/h11-12,18,21H,2-10,13-17,19H2,1H3,(H,25,29)/t21-/m0/s1. The first-order chi connectivity index (χ1) is 15.5. The number of likely N-dealkylation sites (N-methyl/N-ethyl adjacent to an activating group) is 1. The Hall–Kier alpha value is -1.64. The molecule has 1 atom stereocenters. The molecule has 3 aliphatic heterocycles. The van der Waals surface area contributed by atoms with Gasteiger partial charge < -0.3 is 10.2 Å². The molecule has 3 heterocycles. The van der Waals surface area contributed by atoms with Gasteiger partial charge in [-0.3, -0.25) is 9.69 Å². The summed E-state index contributed by atoms with van der Waals surface area (Å²) < 4.78 is 28.9. The number of rotatable bonds is 7. The van der Waals surface area contributed by atoms with Crippen molar-refractivity contribution in [2.24, 2.45) is 0 Å². The van der Waals surface area contributed by atoms with Gasteiger partial charge in [-0.2, -0.15) is 4.31 Å². The van der Waals surface area contributed by atoms with Crippen molar-refractivity contribution in [3.63, 3.8) is 0 Å². The highest BCUT2D eigenvalue weighted by Gasteiger charge is 2.31. The third-order valence-electron chi connectivity index (χ3n) is 7.26. The first-order valence-corrected chi connectivity index (χ1v) is 13.9. The molecule has 0 aromatic heterocycles. The van der Waals surface area contributed by atoms with Crippen LogP contribution in [0, 0.1) is 0 Å². The number of carbonyl (C=O) groups is 1. The molecule has 4 rings (SSSR count). The Kier molecular flexibility index (Phi) is 7.74. The zero-order valence-electron chi connectivity index (χ0n) is 19.4. The number of hydrogen-bond acceptors (Lipinski definition) is 5. The van der Waals surface area contributed by atoms with Crippen LogP contribution in [-0.4, -0.2) is 75.4 Å². The fourth-order valence-electron chi connectivity index (χ4n) is 5.36. The SMILES string of the molecule is CCN1CCC[C@H]1CNC(=O)c1ccc(N2CCCCC2)c(S(=O)(=O)N2CCCCC2)c1. The summed E-state index contributed by atoms with van der Waals surface area (Å²) in [4.78, 5) is 17.9. The predicted octanol–water partition coefficient (Wildman–Crippen LogP) is 3.07. The van der Waals surface area contributed by atoms with Crippen LogP contribution in [0.25, 0.3) is 0 Å². The van der Waals surface area contributed by atoms with Crippen molar-refractivity contribution in [3.05, 3.63) is 23.8 Å². The highest BCUT2D eigenvalue weighted by molar-refractivity contribution is 7.89. The van der Waals surface area contributed by atoms with E-state index in [9.17, 15) is 13.2 Å². The molecule has 3 saturated heterocycles. The molecule has 1 amide bonds. The Morgan fingerprint density at radius 1 is 0.969 bits per heavy atom. The lowest BCUT2D eigenvalue weighted by atomic mass is 10.1. The van der Waals surface area contributed by atoms with Crippen molar-refractivity contribution in [2.75, 3.05) is 50.7 Å². The van der Waals surface area contributed by atoms with E-state index < -0.39 is 10.0 Å². The summed E-state index contributed by atoms with van der Waals surface area (Å²) in [5.41, 5.74) is 1.18. The number of nitrogens with zero attached hydrogens (tertiary/aromatic N) is 3. The Labute approximate surface area is 193 Å². The number of likely N-dealkylation sites (tertiary alicyclic amines) is 1. The summed E-state index contributed by atoms with van der Waals surface area (Å²) in [6, 6.07) is 5.63. The van der Waals surface area contributed by atoms with Crippen LogP contribution in [0.4, 0.5) is 5.69 Å². The van der Waals surface area contributed by atoms with Gasteiger partial charge in [0.1, 0.15) is 4.90 Å². The second kappa shape index (κ2) is 10.5. The number of hydrogen-bond donors (Lipinski definition) is 1. The van der Waals surface area contributed by atoms with E-state index in [1.165, 1.54) is 6.42 Å². The Morgan fingerprint density at radius 2 is 1.66 bits per heavy atom. The number of sulfonamides is 1. The average molecular weight is 463 g/mol. The Bertz CT molecular complexity index is 893. The quantitative estimate of drug-likeness (QED) is 0.674. The number of benzene rings is 1. The fourth-order valence-corrected chi connectivity index (χ4v) is 7.11. The molecular weight excluding hydrogens is 424 g/mol. The monoisotopic (exact) mass is 462 g/mol. The van der Waals surface area contributed by atoms with Gasteiger partial charge in [-0.15, -0.1) is 0 Å². The minimum Gasteiger partial charge on any atom is -0.370 e. The number of anilines is 1. The van der Waals surface area contributed by atoms with Crippen molar-refractivity contribution >= 4 is 21.6 Å². The van der Waals surface area contributed by atoms with E-state index in [4.69, 9.17) is 0 Å². The normalized spacial score (nSPS) is 23.4. The Morgan fingerprint density at radius 3 is 2.34 bits per heavy atom. The van der Waals surface area contributed by atoms with Crippen molar-refractivity contribution in [1.82, 2.24) is 14.5 Å². The third-order valence-corrected chi connectivity index (χ3v) is 9.18. The molecule has 3 aliphatic rings. The summed E-state index contributed by atoms with van der Waals surface area (Å²) >= 11 is 0. The van der Waals surface area contributed by atoms with Gasteiger partial charge in [0, 0.05) is 44.3 Å². The number of carbonyl (C=O) groups excluding carboxylic acids is 1. The zero-order valence-corrected chi connectivity index (χ0v) is 20.2. The lowest BCUT2D eigenvalue weighted by Crippen LogP contribution is -2.40. The van der Waals surface area contributed by atoms with Gasteiger partial charge in [-0.1, -0.05) is 13.3 Å². The molecule has 7 nitrogen and oxygen atoms in total. The van der Waals surface area contributed by atoms with E-state index in [0.29, 0.717) is 36.1 Å². The summed E-state index contributed by atoms with van der Waals surface area (Å²) in [6.45, 7) is 7.68. The number of piperidine rings is 2. The van der Waals surface area contributed by atoms with Crippen LogP contribution in [0.15, 0.2) is 23.1 Å². The maximum Gasteiger partial charge on any atom is 0.251 e. The second-order valence-electron chi connectivity index (χ2n) is 9.33. The van der Waals surface area contributed by atoms with E-state index in [2.05, 4.69) is 22.0 Å². The molecule has 0 saturated carbocycles. The first-order valence-electron chi connectivity index (χ1n) is 12.4. The molecule has 178 valence electrons. The first kappa shape index (κ1) is 23.5. The smallest absolute Gasteiger partial charge is 0.251 e. The highest BCUT2D eigenvalue weighted by atomic mass is 32.2. The lowest BCUT2D eigenvalue weighted by molar-refractivity contribution is 0.0941. The number of amides is 1. The minimum atomic E-state index is -3.64. The largest absolute Gasteiger partial charge is 0.370 e. The molecule has 1 aromatic carbocycles. The summed E-state index contributed by atoms with van der Waals surface area (Å²) in [6.07, 6.45) is 8.45. The summed E-state index contributed by atoms with van der Waals surface area (Å²) in [5, 5.41) is 3.06. The van der Waals surface area contributed by atoms with Gasteiger partial charge in [-0.05, 0) is 76.2 Å². The predicted molar refractivity (Wildman–Crippen MR) is 128 cm³/mol. The van der Waals surface area contributed by atoms with Crippen molar-refractivity contribution < 1.29 is 13.2 Å². The summed E-state index contributed by atoms with van der Waals surface area (Å²) in [5.74, 6) is -0.187. The van der Waals surface area contributed by atoms with E-state index in [1.807, 2.05) is 6.07 Å². The third kappa shape index (κ3) is 5.13. The molecule has 3 fully saturated rings.